The molecule has 0 aliphatic rings. The van der Waals surface area contributed by atoms with Gasteiger partial charge in [0, 0.05) is 8.80 Å². The Bertz CT molecular complexity index is 248. The Balaban J connectivity index is 3.14. The topological polar surface area (TPSA) is 0 Å². The molecule has 0 amide bonds. The van der Waals surface area contributed by atoms with Gasteiger partial charge < -0.3 is 0 Å². The SMILES string of the molecule is CC(C)(Br)c1ccccc1Br. The highest BCUT2D eigenvalue weighted by Crippen LogP contribution is 2.34. The van der Waals surface area contributed by atoms with Crippen LogP contribution in [0, 0.1) is 0 Å². The van der Waals surface area contributed by atoms with Crippen LogP contribution in [0.1, 0.15) is 19.4 Å². The maximum atomic E-state index is 3.61. The molecule has 2 heteroatoms. The predicted molar refractivity (Wildman–Crippen MR) is 56.1 cm³/mol. The van der Waals surface area contributed by atoms with E-state index < -0.39 is 0 Å². The second-order valence-corrected chi connectivity index (χ2v) is 5.79. The van der Waals surface area contributed by atoms with Crippen LogP contribution in [0.25, 0.3) is 0 Å². The molecule has 0 heterocycles. The van der Waals surface area contributed by atoms with Crippen LogP contribution in [-0.2, 0) is 4.32 Å². The van der Waals surface area contributed by atoms with Crippen LogP contribution >= 0.6 is 31.9 Å². The Labute approximate surface area is 84.3 Å². The molecule has 0 aliphatic carbocycles. The second-order valence-electron chi connectivity index (χ2n) is 2.95. The zero-order valence-electron chi connectivity index (χ0n) is 6.57. The summed E-state index contributed by atoms with van der Waals surface area (Å²) in [4.78, 5) is 0. The monoisotopic (exact) mass is 276 g/mol. The standard InChI is InChI=1S/C9H10Br2/c1-9(2,11)7-5-3-4-6-8(7)10/h3-6H,1-2H3. The van der Waals surface area contributed by atoms with Crippen molar-refractivity contribution in [2.75, 3.05) is 0 Å². The van der Waals surface area contributed by atoms with Gasteiger partial charge in [0.15, 0.2) is 0 Å². The molecule has 0 radical (unpaired) electrons. The number of halogens is 2. The Morgan fingerprint density at radius 1 is 1.18 bits per heavy atom. The average Bonchev–Trinajstić information content (AvgIpc) is 1.86. The Morgan fingerprint density at radius 2 is 1.73 bits per heavy atom. The molecule has 0 saturated carbocycles. The van der Waals surface area contributed by atoms with Crippen LogP contribution in [0.15, 0.2) is 28.7 Å². The molecule has 1 rings (SSSR count). The van der Waals surface area contributed by atoms with E-state index >= 15 is 0 Å². The van der Waals surface area contributed by atoms with Crippen molar-refractivity contribution in [2.24, 2.45) is 0 Å². The minimum atomic E-state index is 0.0487. The van der Waals surface area contributed by atoms with Crippen molar-refractivity contribution in [3.8, 4) is 0 Å². The number of hydrogen-bond donors (Lipinski definition) is 0. The number of rotatable bonds is 1. The molecular weight excluding hydrogens is 268 g/mol. The largest absolute Gasteiger partial charge is 0.0807 e. The Hall–Kier alpha value is 0.180. The van der Waals surface area contributed by atoms with Crippen LogP contribution in [0.3, 0.4) is 0 Å². The lowest BCUT2D eigenvalue weighted by Gasteiger charge is -2.17. The second kappa shape index (κ2) is 3.28. The van der Waals surface area contributed by atoms with Crippen molar-refractivity contribution in [3.63, 3.8) is 0 Å². The first-order valence-corrected chi connectivity index (χ1v) is 5.04. The van der Waals surface area contributed by atoms with Crippen LogP contribution in [0.4, 0.5) is 0 Å². The van der Waals surface area contributed by atoms with E-state index in [1.54, 1.807) is 0 Å². The maximum absolute atomic E-state index is 3.61. The van der Waals surface area contributed by atoms with E-state index in [2.05, 4.69) is 57.8 Å². The first-order valence-electron chi connectivity index (χ1n) is 3.46. The predicted octanol–water partition coefficient (Wildman–Crippen LogP) is 4.08. The van der Waals surface area contributed by atoms with Gasteiger partial charge in [0.1, 0.15) is 0 Å². The molecule has 1 aromatic rings. The molecule has 11 heavy (non-hydrogen) atoms. The van der Waals surface area contributed by atoms with Gasteiger partial charge in [0.2, 0.25) is 0 Å². The van der Waals surface area contributed by atoms with Gasteiger partial charge in [-0.1, -0.05) is 50.1 Å². The fourth-order valence-corrected chi connectivity index (χ4v) is 2.34. The number of benzene rings is 1. The summed E-state index contributed by atoms with van der Waals surface area (Å²) < 4.78 is 1.20. The number of alkyl halides is 1. The van der Waals surface area contributed by atoms with Crippen LogP contribution < -0.4 is 0 Å². The lowest BCUT2D eigenvalue weighted by Crippen LogP contribution is -2.06. The van der Waals surface area contributed by atoms with Crippen LogP contribution in [0.2, 0.25) is 0 Å². The van der Waals surface area contributed by atoms with Gasteiger partial charge >= 0.3 is 0 Å². The van der Waals surface area contributed by atoms with Gasteiger partial charge in [0.25, 0.3) is 0 Å². The highest BCUT2D eigenvalue weighted by molar-refractivity contribution is 9.11. The molecule has 0 unspecified atom stereocenters. The van der Waals surface area contributed by atoms with Crippen LogP contribution in [0.5, 0.6) is 0 Å². The smallest absolute Gasteiger partial charge is 0.0461 e. The third kappa shape index (κ3) is 2.31. The minimum Gasteiger partial charge on any atom is -0.0807 e. The fourth-order valence-electron chi connectivity index (χ4n) is 0.943. The van der Waals surface area contributed by atoms with Crippen molar-refractivity contribution < 1.29 is 0 Å². The molecule has 0 atom stereocenters. The lowest BCUT2D eigenvalue weighted by atomic mass is 10.0. The molecule has 0 nitrogen and oxygen atoms in total. The summed E-state index contributed by atoms with van der Waals surface area (Å²) in [5, 5.41) is 0. The molecular formula is C9H10Br2. The average molecular weight is 278 g/mol. The summed E-state index contributed by atoms with van der Waals surface area (Å²) in [7, 11) is 0. The van der Waals surface area contributed by atoms with E-state index in [-0.39, 0.29) is 4.32 Å². The van der Waals surface area contributed by atoms with Gasteiger partial charge in [-0.15, -0.1) is 0 Å². The van der Waals surface area contributed by atoms with Crippen LogP contribution in [-0.4, -0.2) is 0 Å². The quantitative estimate of drug-likeness (QED) is 0.679. The molecule has 60 valence electrons. The van der Waals surface area contributed by atoms with Crippen molar-refractivity contribution in [2.45, 2.75) is 18.2 Å². The molecule has 0 fully saturated rings. The first-order chi connectivity index (χ1) is 5.02. The first kappa shape index (κ1) is 9.27. The minimum absolute atomic E-state index is 0.0487. The Morgan fingerprint density at radius 3 is 2.09 bits per heavy atom. The highest BCUT2D eigenvalue weighted by Gasteiger charge is 2.17. The summed E-state index contributed by atoms with van der Waals surface area (Å²) in [6.07, 6.45) is 0. The third-order valence-electron chi connectivity index (χ3n) is 1.51. The van der Waals surface area contributed by atoms with E-state index in [1.165, 1.54) is 5.56 Å². The van der Waals surface area contributed by atoms with Crippen molar-refractivity contribution in [1.29, 1.82) is 0 Å². The summed E-state index contributed by atoms with van der Waals surface area (Å²) in [5.41, 5.74) is 1.28. The molecule has 1 aromatic carbocycles. The normalized spacial score (nSPS) is 11.6. The third-order valence-corrected chi connectivity index (χ3v) is 2.63. The van der Waals surface area contributed by atoms with Gasteiger partial charge in [-0.2, -0.15) is 0 Å². The van der Waals surface area contributed by atoms with Gasteiger partial charge in [0.05, 0.1) is 0 Å². The Kier molecular flexibility index (Phi) is 2.76. The van der Waals surface area contributed by atoms with Crippen molar-refractivity contribution in [1.82, 2.24) is 0 Å². The molecule has 0 aromatic heterocycles. The van der Waals surface area contributed by atoms with E-state index in [9.17, 15) is 0 Å². The molecule has 0 spiro atoms. The van der Waals surface area contributed by atoms with E-state index in [0.29, 0.717) is 0 Å². The van der Waals surface area contributed by atoms with E-state index in [0.717, 1.165) is 4.47 Å². The highest BCUT2D eigenvalue weighted by atomic mass is 79.9. The van der Waals surface area contributed by atoms with E-state index in [1.807, 2.05) is 12.1 Å². The number of hydrogen-bond acceptors (Lipinski definition) is 0. The fraction of sp³-hybridized carbons (Fsp3) is 0.333. The van der Waals surface area contributed by atoms with Crippen molar-refractivity contribution >= 4 is 31.9 Å². The van der Waals surface area contributed by atoms with Gasteiger partial charge in [-0.25, -0.2) is 0 Å². The summed E-state index contributed by atoms with van der Waals surface area (Å²) in [6.45, 7) is 4.26. The maximum Gasteiger partial charge on any atom is 0.0461 e. The molecule has 0 N–H and O–H groups in total. The van der Waals surface area contributed by atoms with E-state index in [4.69, 9.17) is 0 Å². The summed E-state index contributed by atoms with van der Waals surface area (Å²) in [5.74, 6) is 0. The summed E-state index contributed by atoms with van der Waals surface area (Å²) in [6, 6.07) is 8.23. The van der Waals surface area contributed by atoms with Gasteiger partial charge in [-0.05, 0) is 25.5 Å². The van der Waals surface area contributed by atoms with Crippen molar-refractivity contribution in [3.05, 3.63) is 34.3 Å². The van der Waals surface area contributed by atoms with Gasteiger partial charge in [-0.3, -0.25) is 0 Å². The molecule has 0 bridgehead atoms. The molecule has 0 saturated heterocycles. The zero-order chi connectivity index (χ0) is 8.48. The summed E-state index contributed by atoms with van der Waals surface area (Å²) >= 11 is 7.11. The lowest BCUT2D eigenvalue weighted by molar-refractivity contribution is 0.798. The zero-order valence-corrected chi connectivity index (χ0v) is 9.74. The molecule has 0 aliphatic heterocycles.